The highest BCUT2D eigenvalue weighted by Crippen LogP contribution is 2.11. The van der Waals surface area contributed by atoms with Crippen molar-refractivity contribution < 1.29 is 14.7 Å². The molecule has 0 saturated carbocycles. The fourth-order valence-corrected chi connectivity index (χ4v) is 0.948. The van der Waals surface area contributed by atoms with Gasteiger partial charge < -0.3 is 10.4 Å². The van der Waals surface area contributed by atoms with E-state index >= 15 is 0 Å². The number of rotatable bonds is 4. The van der Waals surface area contributed by atoms with Gasteiger partial charge in [0.1, 0.15) is 5.92 Å². The van der Waals surface area contributed by atoms with Crippen molar-refractivity contribution in [3.8, 4) is 0 Å². The molecule has 0 spiro atoms. The first kappa shape index (κ1) is 12.9. The lowest BCUT2D eigenvalue weighted by molar-refractivity contribution is -0.147. The second-order valence-electron chi connectivity index (χ2n) is 4.58. The fraction of sp³-hybridized carbons (Fsp3) is 0.800. The summed E-state index contributed by atoms with van der Waals surface area (Å²) in [6.07, 6.45) is 0.325. The zero-order chi connectivity index (χ0) is 11.4. The Morgan fingerprint density at radius 1 is 1.36 bits per heavy atom. The SMILES string of the molecule is CCC(C(=O)O)C(=O)NCC(C)(C)C. The van der Waals surface area contributed by atoms with E-state index < -0.39 is 17.8 Å². The van der Waals surface area contributed by atoms with E-state index in [0.717, 1.165) is 0 Å². The summed E-state index contributed by atoms with van der Waals surface area (Å²) in [5.41, 5.74) is -0.0214. The maximum Gasteiger partial charge on any atom is 0.316 e. The van der Waals surface area contributed by atoms with Crippen LogP contribution < -0.4 is 5.32 Å². The third-order valence-electron chi connectivity index (χ3n) is 1.82. The Balaban J connectivity index is 4.13. The van der Waals surface area contributed by atoms with Crippen molar-refractivity contribution in [2.45, 2.75) is 34.1 Å². The standard InChI is InChI=1S/C10H19NO3/c1-5-7(9(13)14)8(12)11-6-10(2,3)4/h7H,5-6H2,1-4H3,(H,11,12)(H,13,14). The summed E-state index contributed by atoms with van der Waals surface area (Å²) < 4.78 is 0. The van der Waals surface area contributed by atoms with E-state index in [0.29, 0.717) is 13.0 Å². The molecule has 1 atom stereocenters. The van der Waals surface area contributed by atoms with Crippen LogP contribution in [-0.2, 0) is 9.59 Å². The molecule has 0 fully saturated rings. The average Bonchev–Trinajstić information content (AvgIpc) is 2.00. The lowest BCUT2D eigenvalue weighted by atomic mass is 9.96. The van der Waals surface area contributed by atoms with Crippen LogP contribution in [0.2, 0.25) is 0 Å². The summed E-state index contributed by atoms with van der Waals surface area (Å²) >= 11 is 0. The topological polar surface area (TPSA) is 66.4 Å². The molecular formula is C10H19NO3. The third-order valence-corrected chi connectivity index (χ3v) is 1.82. The zero-order valence-electron chi connectivity index (χ0n) is 9.26. The first-order valence-electron chi connectivity index (χ1n) is 4.78. The van der Waals surface area contributed by atoms with Crippen LogP contribution in [0.15, 0.2) is 0 Å². The molecule has 82 valence electrons. The molecular weight excluding hydrogens is 182 g/mol. The van der Waals surface area contributed by atoms with Gasteiger partial charge in [-0.25, -0.2) is 0 Å². The first-order valence-corrected chi connectivity index (χ1v) is 4.78. The van der Waals surface area contributed by atoms with Crippen molar-refractivity contribution in [2.24, 2.45) is 11.3 Å². The molecule has 4 nitrogen and oxygen atoms in total. The molecule has 0 bridgehead atoms. The summed E-state index contributed by atoms with van der Waals surface area (Å²) in [7, 11) is 0. The zero-order valence-corrected chi connectivity index (χ0v) is 9.26. The van der Waals surface area contributed by atoms with Crippen molar-refractivity contribution in [3.05, 3.63) is 0 Å². The highest BCUT2D eigenvalue weighted by atomic mass is 16.4. The molecule has 0 saturated heterocycles. The average molecular weight is 201 g/mol. The summed E-state index contributed by atoms with van der Waals surface area (Å²) in [4.78, 5) is 22.0. The van der Waals surface area contributed by atoms with Crippen molar-refractivity contribution in [1.29, 1.82) is 0 Å². The predicted octanol–water partition coefficient (Wildman–Crippen LogP) is 1.26. The monoisotopic (exact) mass is 201 g/mol. The second kappa shape index (κ2) is 4.98. The number of carbonyl (C=O) groups excluding carboxylic acids is 1. The van der Waals surface area contributed by atoms with Crippen LogP contribution in [0.4, 0.5) is 0 Å². The van der Waals surface area contributed by atoms with Crippen LogP contribution in [0, 0.1) is 11.3 Å². The molecule has 0 aliphatic carbocycles. The predicted molar refractivity (Wildman–Crippen MR) is 53.9 cm³/mol. The Hall–Kier alpha value is -1.06. The summed E-state index contributed by atoms with van der Waals surface area (Å²) in [6, 6.07) is 0. The largest absolute Gasteiger partial charge is 0.481 e. The van der Waals surface area contributed by atoms with E-state index in [1.165, 1.54) is 0 Å². The van der Waals surface area contributed by atoms with Crippen LogP contribution in [-0.4, -0.2) is 23.5 Å². The first-order chi connectivity index (χ1) is 6.28. The van der Waals surface area contributed by atoms with Crippen LogP contribution >= 0.6 is 0 Å². The molecule has 0 heterocycles. The molecule has 0 aromatic rings. The van der Waals surface area contributed by atoms with Crippen molar-refractivity contribution >= 4 is 11.9 Å². The maximum atomic E-state index is 11.4. The van der Waals surface area contributed by atoms with Gasteiger partial charge in [-0.2, -0.15) is 0 Å². The van der Waals surface area contributed by atoms with Gasteiger partial charge >= 0.3 is 5.97 Å². The van der Waals surface area contributed by atoms with Gasteiger partial charge in [0.15, 0.2) is 0 Å². The van der Waals surface area contributed by atoms with Crippen LogP contribution in [0.25, 0.3) is 0 Å². The van der Waals surface area contributed by atoms with Gasteiger partial charge in [-0.3, -0.25) is 9.59 Å². The van der Waals surface area contributed by atoms with Crippen molar-refractivity contribution in [1.82, 2.24) is 5.32 Å². The van der Waals surface area contributed by atoms with E-state index in [1.54, 1.807) is 6.92 Å². The van der Waals surface area contributed by atoms with E-state index in [9.17, 15) is 9.59 Å². The van der Waals surface area contributed by atoms with Crippen molar-refractivity contribution in [3.63, 3.8) is 0 Å². The fourth-order valence-electron chi connectivity index (χ4n) is 0.948. The van der Waals surface area contributed by atoms with Gasteiger partial charge in [0.2, 0.25) is 5.91 Å². The number of carboxylic acid groups (broad SMARTS) is 1. The molecule has 1 amide bonds. The maximum absolute atomic E-state index is 11.4. The van der Waals surface area contributed by atoms with Gasteiger partial charge in [0.25, 0.3) is 0 Å². The minimum Gasteiger partial charge on any atom is -0.481 e. The van der Waals surface area contributed by atoms with Crippen LogP contribution in [0.3, 0.4) is 0 Å². The van der Waals surface area contributed by atoms with E-state index in [1.807, 2.05) is 20.8 Å². The Bertz CT molecular complexity index is 218. The van der Waals surface area contributed by atoms with Gasteiger partial charge in [-0.05, 0) is 11.8 Å². The third kappa shape index (κ3) is 4.84. The smallest absolute Gasteiger partial charge is 0.316 e. The minimum absolute atomic E-state index is 0.0214. The number of aliphatic carboxylic acids is 1. The minimum atomic E-state index is -1.06. The van der Waals surface area contributed by atoms with Gasteiger partial charge in [0.05, 0.1) is 0 Å². The van der Waals surface area contributed by atoms with Gasteiger partial charge in [-0.1, -0.05) is 27.7 Å². The van der Waals surface area contributed by atoms with Crippen LogP contribution in [0.5, 0.6) is 0 Å². The Kier molecular flexibility index (Phi) is 4.60. The molecule has 0 radical (unpaired) electrons. The highest BCUT2D eigenvalue weighted by molar-refractivity contribution is 5.96. The lowest BCUT2D eigenvalue weighted by Crippen LogP contribution is -2.39. The number of nitrogens with one attached hydrogen (secondary N) is 1. The summed E-state index contributed by atoms with van der Waals surface area (Å²) in [5, 5.41) is 11.3. The van der Waals surface area contributed by atoms with Crippen LogP contribution in [0.1, 0.15) is 34.1 Å². The number of amides is 1. The highest BCUT2D eigenvalue weighted by Gasteiger charge is 2.24. The lowest BCUT2D eigenvalue weighted by Gasteiger charge is -2.20. The molecule has 14 heavy (non-hydrogen) atoms. The van der Waals surface area contributed by atoms with Gasteiger partial charge in [-0.15, -0.1) is 0 Å². The van der Waals surface area contributed by atoms with E-state index in [2.05, 4.69) is 5.32 Å². The molecule has 0 aliphatic rings. The normalized spacial score (nSPS) is 13.4. The number of carboxylic acids is 1. The van der Waals surface area contributed by atoms with E-state index in [4.69, 9.17) is 5.11 Å². The van der Waals surface area contributed by atoms with Gasteiger partial charge in [0, 0.05) is 6.54 Å². The van der Waals surface area contributed by atoms with Crippen molar-refractivity contribution in [2.75, 3.05) is 6.54 Å². The summed E-state index contributed by atoms with van der Waals surface area (Å²) in [5.74, 6) is -2.37. The number of hydrogen-bond acceptors (Lipinski definition) is 2. The molecule has 1 unspecified atom stereocenters. The molecule has 2 N–H and O–H groups in total. The molecule has 0 aromatic carbocycles. The van der Waals surface area contributed by atoms with E-state index in [-0.39, 0.29) is 5.41 Å². The summed E-state index contributed by atoms with van der Waals surface area (Å²) in [6.45, 7) is 8.13. The molecule has 4 heteroatoms. The Labute approximate surface area is 84.7 Å². The molecule has 0 aliphatic heterocycles. The second-order valence-corrected chi connectivity index (χ2v) is 4.58. The Morgan fingerprint density at radius 3 is 2.14 bits per heavy atom. The number of carbonyl (C=O) groups is 2. The molecule has 0 rings (SSSR count). The quantitative estimate of drug-likeness (QED) is 0.673. The number of hydrogen-bond donors (Lipinski definition) is 2. The molecule has 0 aromatic heterocycles. The Morgan fingerprint density at radius 2 is 1.86 bits per heavy atom.